The van der Waals surface area contributed by atoms with E-state index in [9.17, 15) is 14.7 Å². The number of rotatable bonds is 7. The highest BCUT2D eigenvalue weighted by Crippen LogP contribution is 2.45. The molecular weight excluding hydrogens is 672 g/mol. The van der Waals surface area contributed by atoms with Crippen LogP contribution in [0.1, 0.15) is 82.2 Å². The van der Waals surface area contributed by atoms with Gasteiger partial charge < -0.3 is 19.5 Å². The lowest BCUT2D eigenvalue weighted by molar-refractivity contribution is -0.160. The molecule has 0 spiro atoms. The van der Waals surface area contributed by atoms with E-state index in [1.807, 2.05) is 81.6 Å². The Labute approximate surface area is 301 Å². The molecule has 2 aromatic heterocycles. The summed E-state index contributed by atoms with van der Waals surface area (Å²) in [5, 5.41) is 17.9. The van der Waals surface area contributed by atoms with Crippen molar-refractivity contribution in [3.63, 3.8) is 0 Å². The van der Waals surface area contributed by atoms with Gasteiger partial charge in [0.15, 0.2) is 6.10 Å². The third kappa shape index (κ3) is 6.43. The monoisotopic (exact) mass is 714 g/mol. The molecular formula is C39H43ClN4O5S. The predicted octanol–water partition coefficient (Wildman–Crippen LogP) is 8.69. The molecule has 9 nitrogen and oxygen atoms in total. The van der Waals surface area contributed by atoms with Crippen molar-refractivity contribution in [3.05, 3.63) is 70.4 Å². The van der Waals surface area contributed by atoms with Crippen LogP contribution >= 0.6 is 22.9 Å². The number of carboxylic acids is 1. The minimum Gasteiger partial charge on any atom is -0.479 e. The quantitative estimate of drug-likeness (QED) is 0.180. The molecule has 1 N–H and O–H groups in total. The summed E-state index contributed by atoms with van der Waals surface area (Å²) in [5.41, 5.74) is 5.50. The van der Waals surface area contributed by atoms with Gasteiger partial charge in [-0.1, -0.05) is 23.7 Å². The number of hydrogen-bond acceptors (Lipinski definition) is 7. The molecule has 3 aromatic carbocycles. The number of fused-ring (bicyclic) bond motifs is 2. The average molecular weight is 715 g/mol. The number of nitrogens with zero attached hydrogens (tertiary/aromatic N) is 4. The SMILES string of the molecule is Cc1cc2nc(-c3ccc4c(c3)c(C3CCN(C(=O)C5(C)CCCO5)CC3)nn4C)sc2c(-c2ccc(Cl)cc2)c1[C@H](OC(C)(C)C)C(=O)O. The van der Waals surface area contributed by atoms with Crippen molar-refractivity contribution in [3.8, 4) is 21.7 Å². The van der Waals surface area contributed by atoms with E-state index < -0.39 is 23.3 Å². The first-order valence-corrected chi connectivity index (χ1v) is 18.4. The van der Waals surface area contributed by atoms with E-state index in [0.717, 1.165) is 79.8 Å². The van der Waals surface area contributed by atoms with Gasteiger partial charge in [0.2, 0.25) is 0 Å². The molecule has 1 amide bonds. The van der Waals surface area contributed by atoms with Gasteiger partial charge in [0, 0.05) is 59.8 Å². The molecule has 1 unspecified atom stereocenters. The zero-order valence-electron chi connectivity index (χ0n) is 29.4. The van der Waals surface area contributed by atoms with E-state index >= 15 is 0 Å². The lowest BCUT2D eigenvalue weighted by Crippen LogP contribution is -2.49. The lowest BCUT2D eigenvalue weighted by Gasteiger charge is -2.36. The fourth-order valence-electron chi connectivity index (χ4n) is 7.53. The number of ether oxygens (including phenoxy) is 2. The molecule has 2 saturated heterocycles. The molecule has 2 aliphatic rings. The molecule has 0 radical (unpaired) electrons. The second kappa shape index (κ2) is 13.1. The fourth-order valence-corrected chi connectivity index (χ4v) is 8.77. The molecule has 11 heteroatoms. The van der Waals surface area contributed by atoms with Crippen molar-refractivity contribution < 1.29 is 24.2 Å². The minimum absolute atomic E-state index is 0.105. The van der Waals surface area contributed by atoms with Gasteiger partial charge in [-0.25, -0.2) is 9.78 Å². The van der Waals surface area contributed by atoms with Gasteiger partial charge in [-0.2, -0.15) is 5.10 Å². The summed E-state index contributed by atoms with van der Waals surface area (Å²) in [4.78, 5) is 33.1. The summed E-state index contributed by atoms with van der Waals surface area (Å²) in [7, 11) is 1.97. The van der Waals surface area contributed by atoms with Crippen molar-refractivity contribution in [2.24, 2.45) is 7.05 Å². The number of carbonyl (C=O) groups excluding carboxylic acids is 1. The van der Waals surface area contributed by atoms with Gasteiger partial charge in [0.1, 0.15) is 10.6 Å². The van der Waals surface area contributed by atoms with Crippen LogP contribution in [0.2, 0.25) is 5.02 Å². The molecule has 0 saturated carbocycles. The van der Waals surface area contributed by atoms with Gasteiger partial charge in [-0.05, 0) is 108 Å². The normalized spacial score (nSPS) is 19.5. The van der Waals surface area contributed by atoms with Crippen LogP contribution in [0.5, 0.6) is 0 Å². The Morgan fingerprint density at radius 2 is 1.80 bits per heavy atom. The molecule has 2 fully saturated rings. The van der Waals surface area contributed by atoms with Gasteiger partial charge >= 0.3 is 5.97 Å². The van der Waals surface area contributed by atoms with Gasteiger partial charge in [0.05, 0.1) is 27.0 Å². The number of piperidine rings is 1. The lowest BCUT2D eigenvalue weighted by atomic mass is 9.90. The van der Waals surface area contributed by atoms with Crippen molar-refractivity contribution in [2.45, 2.75) is 83.5 Å². The van der Waals surface area contributed by atoms with E-state index in [-0.39, 0.29) is 11.8 Å². The summed E-state index contributed by atoms with van der Waals surface area (Å²) >= 11 is 7.83. The summed E-state index contributed by atoms with van der Waals surface area (Å²) in [6, 6.07) is 15.8. The zero-order chi connectivity index (χ0) is 35.5. The third-order valence-corrected chi connectivity index (χ3v) is 11.4. The van der Waals surface area contributed by atoms with Crippen LogP contribution in [0.4, 0.5) is 0 Å². The number of likely N-dealkylation sites (tertiary alicyclic amines) is 1. The van der Waals surface area contributed by atoms with E-state index in [1.54, 1.807) is 11.3 Å². The Hall–Kier alpha value is -3.83. The molecule has 7 rings (SSSR count). The average Bonchev–Trinajstić information content (AvgIpc) is 3.80. The van der Waals surface area contributed by atoms with Crippen molar-refractivity contribution in [1.29, 1.82) is 0 Å². The number of aryl methyl sites for hydroxylation is 2. The standard InChI is InChI=1S/C39H43ClN4O5S/c1-22-20-28-34(31(23-8-11-26(40)12-9-23)30(22)33(36(45)46)49-38(2,3)4)50-35(41-28)25-10-13-29-27(21-25)32(42-43(29)6)24-14-17-44(18-15-24)37(47)39(5)16-7-19-48-39/h8-13,20-21,24,33H,7,14-19H2,1-6H3,(H,45,46)/t33-,39?/m0/s1. The number of halogens is 1. The zero-order valence-corrected chi connectivity index (χ0v) is 31.0. The molecule has 2 atom stereocenters. The summed E-state index contributed by atoms with van der Waals surface area (Å²) in [6.07, 6.45) is 2.20. The first-order chi connectivity index (χ1) is 23.7. The van der Waals surface area contributed by atoms with Gasteiger partial charge in [-0.15, -0.1) is 11.3 Å². The van der Waals surface area contributed by atoms with Crippen LogP contribution < -0.4 is 0 Å². The van der Waals surface area contributed by atoms with Crippen LogP contribution in [0, 0.1) is 6.92 Å². The molecule has 0 bridgehead atoms. The Morgan fingerprint density at radius 1 is 1.10 bits per heavy atom. The third-order valence-electron chi connectivity index (χ3n) is 9.98. The largest absolute Gasteiger partial charge is 0.479 e. The highest BCUT2D eigenvalue weighted by molar-refractivity contribution is 7.22. The topological polar surface area (TPSA) is 107 Å². The first-order valence-electron chi connectivity index (χ1n) is 17.2. The van der Waals surface area contributed by atoms with Gasteiger partial charge in [0.25, 0.3) is 5.91 Å². The highest BCUT2D eigenvalue weighted by atomic mass is 35.5. The number of thiazole rings is 1. The van der Waals surface area contributed by atoms with Crippen molar-refractivity contribution in [2.75, 3.05) is 19.7 Å². The van der Waals surface area contributed by atoms with E-state index in [4.69, 9.17) is 31.2 Å². The van der Waals surface area contributed by atoms with Gasteiger partial charge in [-0.3, -0.25) is 9.48 Å². The number of amides is 1. The summed E-state index contributed by atoms with van der Waals surface area (Å²) in [6.45, 7) is 11.4. The summed E-state index contributed by atoms with van der Waals surface area (Å²) < 4.78 is 14.9. The molecule has 262 valence electrons. The second-order valence-electron chi connectivity index (χ2n) is 14.8. The smallest absolute Gasteiger partial charge is 0.337 e. The number of aliphatic carboxylic acids is 1. The Kier molecular flexibility index (Phi) is 9.03. The molecule has 4 heterocycles. The predicted molar refractivity (Wildman–Crippen MR) is 198 cm³/mol. The second-order valence-corrected chi connectivity index (χ2v) is 16.2. The maximum Gasteiger partial charge on any atom is 0.337 e. The van der Waals surface area contributed by atoms with Crippen LogP contribution in [-0.4, -0.2) is 67.5 Å². The number of carboxylic acid groups (broad SMARTS) is 1. The summed E-state index contributed by atoms with van der Waals surface area (Å²) in [5.74, 6) is -0.718. The maximum absolute atomic E-state index is 13.3. The van der Waals surface area contributed by atoms with Crippen LogP contribution in [-0.2, 0) is 26.1 Å². The molecule has 50 heavy (non-hydrogen) atoms. The molecule has 2 aliphatic heterocycles. The van der Waals surface area contributed by atoms with E-state index in [0.29, 0.717) is 30.3 Å². The van der Waals surface area contributed by atoms with Crippen molar-refractivity contribution >= 4 is 55.9 Å². The van der Waals surface area contributed by atoms with E-state index in [1.165, 1.54) is 0 Å². The molecule has 0 aliphatic carbocycles. The Balaban J connectivity index is 1.28. The number of hydrogen-bond donors (Lipinski definition) is 1. The number of aromatic nitrogens is 3. The van der Waals surface area contributed by atoms with Crippen LogP contribution in [0.25, 0.3) is 42.8 Å². The molecule has 5 aromatic rings. The van der Waals surface area contributed by atoms with Crippen LogP contribution in [0.3, 0.4) is 0 Å². The maximum atomic E-state index is 13.3. The Morgan fingerprint density at radius 3 is 2.44 bits per heavy atom. The van der Waals surface area contributed by atoms with Crippen molar-refractivity contribution in [1.82, 2.24) is 19.7 Å². The first kappa shape index (κ1) is 34.6. The van der Waals surface area contributed by atoms with Crippen LogP contribution in [0.15, 0.2) is 48.5 Å². The minimum atomic E-state index is -1.18. The van der Waals surface area contributed by atoms with E-state index in [2.05, 4.69) is 18.2 Å². The number of carbonyl (C=O) groups is 2. The number of benzene rings is 3. The fraction of sp³-hybridized carbons (Fsp3) is 0.436. The highest BCUT2D eigenvalue weighted by Gasteiger charge is 2.42. The Bertz CT molecular complexity index is 2100.